The summed E-state index contributed by atoms with van der Waals surface area (Å²) in [4.78, 5) is 13.5. The second-order valence-corrected chi connectivity index (χ2v) is 3.77. The van der Waals surface area contributed by atoms with Crippen molar-refractivity contribution in [2.24, 2.45) is 0 Å². The molecule has 0 fully saturated rings. The molecule has 0 heterocycles. The number of nitrogens with zero attached hydrogens (tertiary/aromatic N) is 1. The summed E-state index contributed by atoms with van der Waals surface area (Å²) in [5.74, 6) is 0.0977. The third-order valence-corrected chi connectivity index (χ3v) is 2.56. The van der Waals surface area contributed by atoms with Gasteiger partial charge in [0.1, 0.15) is 0 Å². The molecule has 0 spiro atoms. The molecular formula is C13H19NO. The average Bonchev–Trinajstić information content (AvgIpc) is 2.28. The summed E-state index contributed by atoms with van der Waals surface area (Å²) in [6.07, 6.45) is 2.22. The highest BCUT2D eigenvalue weighted by Crippen LogP contribution is 2.08. The number of rotatable bonds is 4. The zero-order valence-corrected chi connectivity index (χ0v) is 9.79. The first kappa shape index (κ1) is 11.8. The van der Waals surface area contributed by atoms with Gasteiger partial charge in [-0.15, -0.1) is 0 Å². The third kappa shape index (κ3) is 3.08. The van der Waals surface area contributed by atoms with Crippen molar-refractivity contribution in [1.29, 1.82) is 0 Å². The van der Waals surface area contributed by atoms with Gasteiger partial charge < -0.3 is 4.90 Å². The Morgan fingerprint density at radius 2 is 1.80 bits per heavy atom. The Morgan fingerprint density at radius 1 is 1.20 bits per heavy atom. The van der Waals surface area contributed by atoms with Gasteiger partial charge in [0, 0.05) is 19.2 Å². The van der Waals surface area contributed by atoms with Crippen molar-refractivity contribution >= 4 is 5.91 Å². The first-order valence-corrected chi connectivity index (χ1v) is 5.53. The highest BCUT2D eigenvalue weighted by molar-refractivity contribution is 5.94. The summed E-state index contributed by atoms with van der Waals surface area (Å²) in [6, 6.07) is 7.92. The third-order valence-electron chi connectivity index (χ3n) is 2.56. The minimum absolute atomic E-state index is 0.0977. The molecule has 0 aliphatic carbocycles. The quantitative estimate of drug-likeness (QED) is 0.740. The highest BCUT2D eigenvalue weighted by Gasteiger charge is 2.08. The molecule has 0 unspecified atom stereocenters. The molecule has 1 amide bonds. The molecule has 0 atom stereocenters. The molecule has 0 radical (unpaired) electrons. The maximum Gasteiger partial charge on any atom is 0.253 e. The number of carbonyl (C=O) groups excluding carboxylic acids is 1. The fraction of sp³-hybridized carbons (Fsp3) is 0.462. The van der Waals surface area contributed by atoms with E-state index in [2.05, 4.69) is 6.92 Å². The number of hydrogen-bond acceptors (Lipinski definition) is 1. The van der Waals surface area contributed by atoms with Crippen LogP contribution in [0.5, 0.6) is 0 Å². The number of amides is 1. The van der Waals surface area contributed by atoms with Crippen LogP contribution in [0.4, 0.5) is 0 Å². The van der Waals surface area contributed by atoms with Gasteiger partial charge in [-0.25, -0.2) is 0 Å². The van der Waals surface area contributed by atoms with Gasteiger partial charge in [-0.05, 0) is 31.0 Å². The second kappa shape index (κ2) is 5.54. The van der Waals surface area contributed by atoms with Crippen LogP contribution in [0, 0.1) is 0 Å². The summed E-state index contributed by atoms with van der Waals surface area (Å²) in [5, 5.41) is 0. The first-order valence-electron chi connectivity index (χ1n) is 5.53. The Labute approximate surface area is 91.9 Å². The molecule has 0 saturated carbocycles. The summed E-state index contributed by atoms with van der Waals surface area (Å²) in [7, 11) is 1.82. The van der Waals surface area contributed by atoms with Crippen molar-refractivity contribution in [3.05, 3.63) is 35.4 Å². The molecular weight excluding hydrogens is 186 g/mol. The molecule has 0 bridgehead atoms. The molecule has 2 nitrogen and oxygen atoms in total. The SMILES string of the molecule is CCCc1ccc(C(=O)N(C)CC)cc1. The first-order chi connectivity index (χ1) is 7.19. The average molecular weight is 205 g/mol. The smallest absolute Gasteiger partial charge is 0.253 e. The van der Waals surface area contributed by atoms with Crippen molar-refractivity contribution in [3.63, 3.8) is 0 Å². The van der Waals surface area contributed by atoms with E-state index in [9.17, 15) is 4.79 Å². The molecule has 0 aliphatic rings. The predicted molar refractivity (Wildman–Crippen MR) is 63.1 cm³/mol. The van der Waals surface area contributed by atoms with Gasteiger partial charge in [0.2, 0.25) is 0 Å². The molecule has 0 N–H and O–H groups in total. The van der Waals surface area contributed by atoms with Gasteiger partial charge in [0.25, 0.3) is 5.91 Å². The minimum atomic E-state index is 0.0977. The van der Waals surface area contributed by atoms with Crippen molar-refractivity contribution in [1.82, 2.24) is 4.90 Å². The molecule has 0 aliphatic heterocycles. The summed E-state index contributed by atoms with van der Waals surface area (Å²) in [5.41, 5.74) is 2.08. The van der Waals surface area contributed by atoms with Gasteiger partial charge in [-0.2, -0.15) is 0 Å². The summed E-state index contributed by atoms with van der Waals surface area (Å²) < 4.78 is 0. The van der Waals surface area contributed by atoms with Crippen LogP contribution < -0.4 is 0 Å². The molecule has 0 aromatic heterocycles. The van der Waals surface area contributed by atoms with E-state index in [1.54, 1.807) is 4.90 Å². The van der Waals surface area contributed by atoms with Gasteiger partial charge in [0.15, 0.2) is 0 Å². The van der Waals surface area contributed by atoms with Crippen molar-refractivity contribution < 1.29 is 4.79 Å². The summed E-state index contributed by atoms with van der Waals surface area (Å²) in [6.45, 7) is 4.88. The lowest BCUT2D eigenvalue weighted by Gasteiger charge is -2.14. The maximum absolute atomic E-state index is 11.8. The lowest BCUT2D eigenvalue weighted by molar-refractivity contribution is 0.0802. The summed E-state index contributed by atoms with van der Waals surface area (Å²) >= 11 is 0. The Kier molecular flexibility index (Phi) is 4.35. The van der Waals surface area contributed by atoms with Crippen molar-refractivity contribution in [3.8, 4) is 0 Å². The monoisotopic (exact) mass is 205 g/mol. The van der Waals surface area contributed by atoms with Gasteiger partial charge in [-0.1, -0.05) is 25.5 Å². The molecule has 0 saturated heterocycles. The van der Waals surface area contributed by atoms with E-state index in [0.29, 0.717) is 0 Å². The van der Waals surface area contributed by atoms with Crippen molar-refractivity contribution in [2.45, 2.75) is 26.7 Å². The Balaban J connectivity index is 2.75. The minimum Gasteiger partial charge on any atom is -0.342 e. The molecule has 82 valence electrons. The van der Waals surface area contributed by atoms with Gasteiger partial charge in [0.05, 0.1) is 0 Å². The van der Waals surface area contributed by atoms with Crippen LogP contribution in [0.2, 0.25) is 0 Å². The van der Waals surface area contributed by atoms with E-state index in [1.165, 1.54) is 5.56 Å². The van der Waals surface area contributed by atoms with E-state index >= 15 is 0 Å². The zero-order chi connectivity index (χ0) is 11.3. The predicted octanol–water partition coefficient (Wildman–Crippen LogP) is 2.73. The van der Waals surface area contributed by atoms with Crippen molar-refractivity contribution in [2.75, 3.05) is 13.6 Å². The Bertz CT molecular complexity index is 316. The Morgan fingerprint density at radius 3 is 2.27 bits per heavy atom. The largest absolute Gasteiger partial charge is 0.342 e. The number of benzene rings is 1. The van der Waals surface area contributed by atoms with Crippen LogP contribution in [0.1, 0.15) is 36.2 Å². The van der Waals surface area contributed by atoms with Crippen LogP contribution in [0.25, 0.3) is 0 Å². The van der Waals surface area contributed by atoms with E-state index < -0.39 is 0 Å². The molecule has 1 aromatic rings. The number of aryl methyl sites for hydroxylation is 1. The lowest BCUT2D eigenvalue weighted by atomic mass is 10.1. The van der Waals surface area contributed by atoms with E-state index in [0.717, 1.165) is 24.9 Å². The molecule has 1 aromatic carbocycles. The van der Waals surface area contributed by atoms with E-state index in [-0.39, 0.29) is 5.91 Å². The second-order valence-electron chi connectivity index (χ2n) is 3.77. The van der Waals surface area contributed by atoms with Crippen LogP contribution in [-0.4, -0.2) is 24.4 Å². The van der Waals surface area contributed by atoms with Crippen LogP contribution >= 0.6 is 0 Å². The van der Waals surface area contributed by atoms with E-state index in [1.807, 2.05) is 38.2 Å². The van der Waals surface area contributed by atoms with Crippen LogP contribution in [-0.2, 0) is 6.42 Å². The fourth-order valence-corrected chi connectivity index (χ4v) is 1.47. The zero-order valence-electron chi connectivity index (χ0n) is 9.79. The molecule has 2 heteroatoms. The van der Waals surface area contributed by atoms with Crippen LogP contribution in [0.3, 0.4) is 0 Å². The normalized spacial score (nSPS) is 10.1. The highest BCUT2D eigenvalue weighted by atomic mass is 16.2. The van der Waals surface area contributed by atoms with Gasteiger partial charge in [-0.3, -0.25) is 4.79 Å². The number of hydrogen-bond donors (Lipinski definition) is 0. The Hall–Kier alpha value is -1.31. The maximum atomic E-state index is 11.8. The lowest BCUT2D eigenvalue weighted by Crippen LogP contribution is -2.26. The molecule has 15 heavy (non-hydrogen) atoms. The van der Waals surface area contributed by atoms with Crippen LogP contribution in [0.15, 0.2) is 24.3 Å². The van der Waals surface area contributed by atoms with E-state index in [4.69, 9.17) is 0 Å². The van der Waals surface area contributed by atoms with Gasteiger partial charge >= 0.3 is 0 Å². The number of carbonyl (C=O) groups is 1. The fourth-order valence-electron chi connectivity index (χ4n) is 1.47. The standard InChI is InChI=1S/C13H19NO/c1-4-6-11-7-9-12(10-8-11)13(15)14(3)5-2/h7-10H,4-6H2,1-3H3. The molecule has 1 rings (SSSR count). The topological polar surface area (TPSA) is 20.3 Å².